The fraction of sp³-hybridized carbons (Fsp3) is 0.784. The molecule has 6 aliphatic rings. The van der Waals surface area contributed by atoms with Crippen LogP contribution < -0.4 is 0 Å². The van der Waals surface area contributed by atoms with E-state index >= 15 is 0 Å². The van der Waals surface area contributed by atoms with E-state index in [2.05, 4.69) is 6.92 Å². The summed E-state index contributed by atoms with van der Waals surface area (Å²) >= 11 is 0. The lowest BCUT2D eigenvalue weighted by molar-refractivity contribution is -0.357. The number of ether oxygens (including phenoxy) is 7. The molecule has 1 saturated heterocycles. The van der Waals surface area contributed by atoms with E-state index in [0.29, 0.717) is 50.7 Å². The van der Waals surface area contributed by atoms with Gasteiger partial charge in [0.1, 0.15) is 18.1 Å². The number of carbonyl (C=O) groups excluding carboxylic acids is 6. The summed E-state index contributed by atoms with van der Waals surface area (Å²) in [5.41, 5.74) is -4.27. The van der Waals surface area contributed by atoms with Crippen LogP contribution in [0.4, 0.5) is 0 Å². The molecule has 14 nitrogen and oxygen atoms in total. The quantitative estimate of drug-likeness (QED) is 0.167. The molecule has 0 aromatic heterocycles. The molecule has 4 saturated carbocycles. The summed E-state index contributed by atoms with van der Waals surface area (Å²) in [6.45, 7) is 8.54. The molecule has 0 aromatic carbocycles. The third kappa shape index (κ3) is 6.18. The second kappa shape index (κ2) is 13.6. The van der Waals surface area contributed by atoms with Gasteiger partial charge < -0.3 is 43.1 Å². The van der Waals surface area contributed by atoms with E-state index < -0.39 is 82.7 Å². The number of aliphatic hydroxyl groups is 1. The first-order valence-electron chi connectivity index (χ1n) is 18.1. The largest absolute Gasteiger partial charge is 0.462 e. The molecule has 0 amide bonds. The van der Waals surface area contributed by atoms with Gasteiger partial charge in [0.05, 0.1) is 29.1 Å². The number of cyclic esters (lactones) is 1. The lowest BCUT2D eigenvalue weighted by Gasteiger charge is -2.66. The van der Waals surface area contributed by atoms with Gasteiger partial charge in [0.15, 0.2) is 24.6 Å². The maximum atomic E-state index is 13.9. The summed E-state index contributed by atoms with van der Waals surface area (Å²) < 4.78 is 41.5. The van der Waals surface area contributed by atoms with Crippen LogP contribution in [0.3, 0.4) is 0 Å². The molecule has 0 bridgehead atoms. The van der Waals surface area contributed by atoms with Crippen molar-refractivity contribution in [2.75, 3.05) is 0 Å². The average molecular weight is 719 g/mol. The van der Waals surface area contributed by atoms with E-state index in [4.69, 9.17) is 33.2 Å². The van der Waals surface area contributed by atoms with Crippen LogP contribution in [0.15, 0.2) is 11.8 Å². The van der Waals surface area contributed by atoms with Crippen LogP contribution in [0.2, 0.25) is 0 Å². The van der Waals surface area contributed by atoms with Gasteiger partial charge in [-0.2, -0.15) is 0 Å². The van der Waals surface area contributed by atoms with E-state index in [1.54, 1.807) is 6.92 Å². The third-order valence-corrected chi connectivity index (χ3v) is 13.0. The highest BCUT2D eigenvalue weighted by Gasteiger charge is 2.73. The summed E-state index contributed by atoms with van der Waals surface area (Å²) in [5, 5.41) is 12.8. The normalized spacial score (nSPS) is 44.4. The van der Waals surface area contributed by atoms with Crippen LogP contribution in [0, 0.1) is 28.6 Å². The van der Waals surface area contributed by atoms with Crippen LogP contribution >= 0.6 is 0 Å². The molecule has 2 unspecified atom stereocenters. The topological polar surface area (TPSA) is 187 Å². The van der Waals surface area contributed by atoms with Gasteiger partial charge in [0.2, 0.25) is 0 Å². The van der Waals surface area contributed by atoms with Gasteiger partial charge in [-0.3, -0.25) is 24.0 Å². The Balaban J connectivity index is 1.39. The molecule has 13 atom stereocenters. The lowest BCUT2D eigenvalue weighted by atomic mass is 9.41. The Labute approximate surface area is 297 Å². The first-order valence-corrected chi connectivity index (χ1v) is 18.1. The SMILES string of the molecule is CC(=O)O[C@H]1CC[C@]2(C=O)C3CC[C@]4(C)[C@@H](C5=CCC(=O)O5)CC[C@]4(O)C3CC[C@]2(O[C@@H]2O[C@@H](C)[C@H](OC(C)=O)[C@@H](OC(C)=O)[C@H]2OC(C)=O)C1. The summed E-state index contributed by atoms with van der Waals surface area (Å²) in [5.74, 6) is -3.07. The van der Waals surface area contributed by atoms with Gasteiger partial charge in [0, 0.05) is 45.4 Å². The molecule has 0 radical (unpaired) electrons. The van der Waals surface area contributed by atoms with E-state index in [-0.39, 0.29) is 43.0 Å². The van der Waals surface area contributed by atoms with E-state index in [1.807, 2.05) is 6.08 Å². The Hall–Kier alpha value is -3.36. The first-order chi connectivity index (χ1) is 24.0. The molecule has 2 heterocycles. The number of rotatable bonds is 8. The monoisotopic (exact) mass is 718 g/mol. The Morgan fingerprint density at radius 1 is 0.824 bits per heavy atom. The summed E-state index contributed by atoms with van der Waals surface area (Å²) in [7, 11) is 0. The van der Waals surface area contributed by atoms with E-state index in [0.717, 1.165) is 6.29 Å². The van der Waals surface area contributed by atoms with Crippen LogP contribution in [0.1, 0.15) is 106 Å². The molecule has 0 aromatic rings. The number of esters is 5. The van der Waals surface area contributed by atoms with Crippen molar-refractivity contribution >= 4 is 36.1 Å². The third-order valence-electron chi connectivity index (χ3n) is 13.0. The minimum Gasteiger partial charge on any atom is -0.462 e. The number of hydrogen-bond donors (Lipinski definition) is 1. The van der Waals surface area contributed by atoms with Crippen LogP contribution in [-0.2, 0) is 61.9 Å². The second-order valence-electron chi connectivity index (χ2n) is 15.7. The number of aldehydes is 1. The number of fused-ring (bicyclic) bond motifs is 5. The smallest absolute Gasteiger partial charge is 0.314 e. The van der Waals surface area contributed by atoms with Gasteiger partial charge in [-0.15, -0.1) is 0 Å². The van der Waals surface area contributed by atoms with E-state index in [9.17, 15) is 33.9 Å². The van der Waals surface area contributed by atoms with Crippen molar-refractivity contribution in [3.63, 3.8) is 0 Å². The molecule has 5 fully saturated rings. The van der Waals surface area contributed by atoms with Crippen molar-refractivity contribution in [2.24, 2.45) is 28.6 Å². The summed E-state index contributed by atoms with van der Waals surface area (Å²) in [4.78, 5) is 75.1. The van der Waals surface area contributed by atoms with Gasteiger partial charge >= 0.3 is 29.8 Å². The Morgan fingerprint density at radius 2 is 1.45 bits per heavy atom. The number of allylic oxidation sites excluding steroid dienone is 1. The van der Waals surface area contributed by atoms with Gasteiger partial charge in [-0.25, -0.2) is 0 Å². The van der Waals surface area contributed by atoms with Gasteiger partial charge in [0.25, 0.3) is 0 Å². The second-order valence-corrected chi connectivity index (χ2v) is 15.7. The van der Waals surface area contributed by atoms with Crippen LogP contribution in [-0.4, -0.2) is 89.3 Å². The minimum absolute atomic E-state index is 0.127. The molecule has 51 heavy (non-hydrogen) atoms. The number of carbonyl (C=O) groups is 6. The van der Waals surface area contributed by atoms with Crippen molar-refractivity contribution < 1.29 is 67.0 Å². The zero-order valence-corrected chi connectivity index (χ0v) is 30.2. The maximum Gasteiger partial charge on any atom is 0.314 e. The standard InChI is InChI=1S/C37H50O14/c1-19-30(47-21(3)40)31(48-22(4)41)32(49-23(5)42)33(45-19)51-36-15-11-26-25(35(36,18-38)14-9-24(17-36)46-20(2)39)10-13-34(6)27(12-16-37(26,34)44)28-7-8-29(43)50-28/h7,18-19,24-27,30-33,44H,8-17H2,1-6H3/t19-,24-,25?,26?,27+,30-,31+,32+,33-,34+,35-,36-,37-/m0/s1. The maximum absolute atomic E-state index is 13.9. The molecule has 6 rings (SSSR count). The molecule has 1 N–H and O–H groups in total. The van der Waals surface area contributed by atoms with Crippen molar-refractivity contribution in [3.8, 4) is 0 Å². The van der Waals surface area contributed by atoms with E-state index in [1.165, 1.54) is 27.7 Å². The fourth-order valence-electron chi connectivity index (χ4n) is 11.0. The zero-order valence-electron chi connectivity index (χ0n) is 30.2. The molecule has 2 aliphatic heterocycles. The predicted molar refractivity (Wildman–Crippen MR) is 173 cm³/mol. The highest BCUT2D eigenvalue weighted by atomic mass is 16.7. The summed E-state index contributed by atoms with van der Waals surface area (Å²) in [6.07, 6.45) is 0.000981. The molecule has 282 valence electrons. The first kappa shape index (κ1) is 37.4. The van der Waals surface area contributed by atoms with Crippen molar-refractivity contribution in [1.29, 1.82) is 0 Å². The number of hydrogen-bond acceptors (Lipinski definition) is 14. The molecule has 4 aliphatic carbocycles. The van der Waals surface area contributed by atoms with Gasteiger partial charge in [-0.1, -0.05) is 6.92 Å². The fourth-order valence-corrected chi connectivity index (χ4v) is 11.0. The average Bonchev–Trinajstić information content (AvgIpc) is 3.59. The molecule has 0 spiro atoms. The van der Waals surface area contributed by atoms with Crippen molar-refractivity contribution in [1.82, 2.24) is 0 Å². The lowest BCUT2D eigenvalue weighted by Crippen LogP contribution is -2.71. The van der Waals surface area contributed by atoms with Gasteiger partial charge in [-0.05, 0) is 76.2 Å². The Bertz CT molecular complexity index is 1490. The van der Waals surface area contributed by atoms with Crippen LogP contribution in [0.25, 0.3) is 0 Å². The Morgan fingerprint density at radius 3 is 2.06 bits per heavy atom. The molecular formula is C37H50O14. The minimum atomic E-state index is -1.39. The molecule has 14 heteroatoms. The highest BCUT2D eigenvalue weighted by Crippen LogP contribution is 2.71. The zero-order chi connectivity index (χ0) is 37.1. The highest BCUT2D eigenvalue weighted by molar-refractivity contribution is 5.75. The summed E-state index contributed by atoms with van der Waals surface area (Å²) in [6, 6.07) is 0. The van der Waals surface area contributed by atoms with Crippen molar-refractivity contribution in [3.05, 3.63) is 11.8 Å². The molecular weight excluding hydrogens is 668 g/mol. The predicted octanol–water partition coefficient (Wildman–Crippen LogP) is 3.38. The van der Waals surface area contributed by atoms with Crippen molar-refractivity contribution in [2.45, 2.75) is 154 Å². The van der Waals surface area contributed by atoms with Crippen LogP contribution in [0.5, 0.6) is 0 Å². The Kier molecular flexibility index (Phi) is 9.94.